The first-order valence-electron chi connectivity index (χ1n) is 5.17. The predicted molar refractivity (Wildman–Crippen MR) is 73.0 cm³/mol. The highest BCUT2D eigenvalue weighted by molar-refractivity contribution is 6.35. The van der Waals surface area contributed by atoms with Gasteiger partial charge in [-0.1, -0.05) is 35.9 Å². The number of ether oxygens (including phenoxy) is 1. The van der Waals surface area contributed by atoms with Gasteiger partial charge in [0, 0.05) is 10.0 Å². The third kappa shape index (κ3) is 4.81. The zero-order valence-corrected chi connectivity index (χ0v) is 11.3. The molecule has 0 unspecified atom stereocenters. The van der Waals surface area contributed by atoms with Gasteiger partial charge >= 0.3 is 12.1 Å². The number of carbonyl (C=O) groups is 2. The molecule has 1 amide bonds. The van der Waals surface area contributed by atoms with Crippen LogP contribution >= 0.6 is 23.2 Å². The van der Waals surface area contributed by atoms with Crippen molar-refractivity contribution in [2.45, 2.75) is 0 Å². The summed E-state index contributed by atoms with van der Waals surface area (Å²) in [5.74, 6) is -1.19. The van der Waals surface area contributed by atoms with Crippen molar-refractivity contribution in [3.8, 4) is 0 Å². The number of hydrogen-bond donors (Lipinski definition) is 1. The largest absolute Gasteiger partial charge is 0.480 e. The molecule has 0 saturated carbocycles. The molecule has 1 N–H and O–H groups in total. The summed E-state index contributed by atoms with van der Waals surface area (Å²) in [5, 5.41) is 9.40. The third-order valence-electron chi connectivity index (χ3n) is 2.00. The van der Waals surface area contributed by atoms with Crippen LogP contribution in [0, 0.1) is 0 Å². The van der Waals surface area contributed by atoms with Crippen molar-refractivity contribution in [1.82, 2.24) is 0 Å². The van der Waals surface area contributed by atoms with Crippen molar-refractivity contribution in [2.75, 3.05) is 18.1 Å². The second-order valence-electron chi connectivity index (χ2n) is 3.47. The number of benzene rings is 1. The molecule has 0 aromatic heterocycles. The lowest BCUT2D eigenvalue weighted by molar-refractivity contribution is -0.135. The number of carbonyl (C=O) groups excluding carboxylic acids is 1. The van der Waals surface area contributed by atoms with E-state index in [0.29, 0.717) is 0 Å². The average Bonchev–Trinajstić information content (AvgIpc) is 2.31. The highest BCUT2D eigenvalue weighted by Crippen LogP contribution is 2.25. The Morgan fingerprint density at radius 3 is 2.37 bits per heavy atom. The molecule has 0 aliphatic heterocycles. The number of amides is 1. The summed E-state index contributed by atoms with van der Waals surface area (Å²) >= 11 is 11.6. The van der Waals surface area contributed by atoms with Gasteiger partial charge in [0.1, 0.15) is 13.2 Å². The van der Waals surface area contributed by atoms with Crippen LogP contribution in [0.25, 0.3) is 0 Å². The number of carboxylic acids is 1. The van der Waals surface area contributed by atoms with Gasteiger partial charge in [0.15, 0.2) is 0 Å². The van der Waals surface area contributed by atoms with Crippen LogP contribution < -0.4 is 4.90 Å². The van der Waals surface area contributed by atoms with Gasteiger partial charge < -0.3 is 9.84 Å². The van der Waals surface area contributed by atoms with Gasteiger partial charge in [-0.05, 0) is 18.2 Å². The Balaban J connectivity index is 3.04. The fourth-order valence-corrected chi connectivity index (χ4v) is 1.81. The lowest BCUT2D eigenvalue weighted by Crippen LogP contribution is -2.36. The molecule has 1 aromatic carbocycles. The molecule has 19 heavy (non-hydrogen) atoms. The Labute approximate surface area is 120 Å². The van der Waals surface area contributed by atoms with E-state index in [4.69, 9.17) is 33.0 Å². The number of anilines is 1. The van der Waals surface area contributed by atoms with E-state index in [0.717, 1.165) is 4.90 Å². The van der Waals surface area contributed by atoms with Crippen LogP contribution in [0.15, 0.2) is 30.9 Å². The van der Waals surface area contributed by atoms with Crippen molar-refractivity contribution in [2.24, 2.45) is 0 Å². The highest BCUT2D eigenvalue weighted by Gasteiger charge is 2.20. The Bertz CT molecular complexity index is 484. The molecule has 102 valence electrons. The Morgan fingerprint density at radius 2 is 1.89 bits per heavy atom. The van der Waals surface area contributed by atoms with Crippen LogP contribution in [-0.4, -0.2) is 30.3 Å². The van der Waals surface area contributed by atoms with E-state index in [1.807, 2.05) is 0 Å². The molecule has 0 radical (unpaired) electrons. The molecule has 1 rings (SSSR count). The first-order valence-corrected chi connectivity index (χ1v) is 5.92. The van der Waals surface area contributed by atoms with Crippen molar-refractivity contribution >= 4 is 41.0 Å². The molecule has 0 heterocycles. The lowest BCUT2D eigenvalue weighted by atomic mass is 10.3. The second kappa shape index (κ2) is 7.01. The van der Waals surface area contributed by atoms with Crippen LogP contribution in [0.1, 0.15) is 0 Å². The first kappa shape index (κ1) is 15.3. The summed E-state index contributed by atoms with van der Waals surface area (Å²) in [6.07, 6.45) is 0.558. The van der Waals surface area contributed by atoms with Crippen LogP contribution in [0.3, 0.4) is 0 Å². The minimum absolute atomic E-state index is 0.0246. The van der Waals surface area contributed by atoms with Gasteiger partial charge in [-0.25, -0.2) is 4.79 Å². The molecule has 0 atom stereocenters. The summed E-state index contributed by atoms with van der Waals surface area (Å²) in [7, 11) is 0. The summed E-state index contributed by atoms with van der Waals surface area (Å²) in [4.78, 5) is 23.5. The molecular weight excluding hydrogens is 293 g/mol. The molecule has 1 aromatic rings. The summed E-state index contributed by atoms with van der Waals surface area (Å²) < 4.78 is 4.81. The maximum absolute atomic E-state index is 11.8. The zero-order chi connectivity index (χ0) is 14.4. The Hall–Kier alpha value is -1.72. The molecule has 0 aliphatic carbocycles. The van der Waals surface area contributed by atoms with Gasteiger partial charge in [0.2, 0.25) is 0 Å². The Kier molecular flexibility index (Phi) is 5.66. The zero-order valence-electron chi connectivity index (χ0n) is 9.81. The fourth-order valence-electron chi connectivity index (χ4n) is 1.30. The minimum Gasteiger partial charge on any atom is -0.480 e. The maximum Gasteiger partial charge on any atom is 0.415 e. The summed E-state index contributed by atoms with van der Waals surface area (Å²) in [5.41, 5.74) is 0.244. The van der Waals surface area contributed by atoms with Crippen LogP contribution in [0.2, 0.25) is 10.0 Å². The molecule has 7 heteroatoms. The van der Waals surface area contributed by atoms with E-state index >= 15 is 0 Å². The quantitative estimate of drug-likeness (QED) is 0.848. The normalized spacial score (nSPS) is 9.79. The molecule has 0 bridgehead atoms. The molecule has 0 spiro atoms. The lowest BCUT2D eigenvalue weighted by Gasteiger charge is -2.20. The SMILES string of the molecule is C=CCOC(=O)N(CC(=O)O)c1cc(Cl)cc(Cl)c1. The number of halogens is 2. The van der Waals surface area contributed by atoms with E-state index in [1.54, 1.807) is 0 Å². The van der Waals surface area contributed by atoms with Crippen LogP contribution in [0.5, 0.6) is 0 Å². The standard InChI is InChI=1S/C12H11Cl2NO4/c1-2-3-19-12(18)15(7-11(16)17)10-5-8(13)4-9(14)6-10/h2,4-6H,1,3,7H2,(H,16,17). The third-order valence-corrected chi connectivity index (χ3v) is 2.43. The van der Waals surface area contributed by atoms with Gasteiger partial charge in [-0.15, -0.1) is 0 Å². The van der Waals surface area contributed by atoms with E-state index in [1.165, 1.54) is 24.3 Å². The maximum atomic E-state index is 11.8. The van der Waals surface area contributed by atoms with Gasteiger partial charge in [-0.3, -0.25) is 9.69 Å². The van der Waals surface area contributed by atoms with E-state index < -0.39 is 18.6 Å². The van der Waals surface area contributed by atoms with Crippen molar-refractivity contribution in [3.05, 3.63) is 40.9 Å². The van der Waals surface area contributed by atoms with Gasteiger partial charge in [-0.2, -0.15) is 0 Å². The number of aliphatic carboxylic acids is 1. The van der Waals surface area contributed by atoms with E-state index in [9.17, 15) is 9.59 Å². The smallest absolute Gasteiger partial charge is 0.415 e. The topological polar surface area (TPSA) is 66.8 Å². The molecular formula is C12H11Cl2NO4. The predicted octanol–water partition coefficient (Wildman–Crippen LogP) is 3.21. The van der Waals surface area contributed by atoms with E-state index in [-0.39, 0.29) is 22.3 Å². The second-order valence-corrected chi connectivity index (χ2v) is 4.35. The van der Waals surface area contributed by atoms with E-state index in [2.05, 4.69) is 6.58 Å². The van der Waals surface area contributed by atoms with Gasteiger partial charge in [0.25, 0.3) is 0 Å². The van der Waals surface area contributed by atoms with Gasteiger partial charge in [0.05, 0.1) is 5.69 Å². The first-order chi connectivity index (χ1) is 8.93. The minimum atomic E-state index is -1.19. The molecule has 0 aliphatic rings. The molecule has 5 nitrogen and oxygen atoms in total. The van der Waals surface area contributed by atoms with Crippen LogP contribution in [-0.2, 0) is 9.53 Å². The van der Waals surface area contributed by atoms with Crippen molar-refractivity contribution in [1.29, 1.82) is 0 Å². The number of nitrogens with zero attached hydrogens (tertiary/aromatic N) is 1. The highest BCUT2D eigenvalue weighted by atomic mass is 35.5. The summed E-state index contributed by atoms with van der Waals surface area (Å²) in [6, 6.07) is 4.32. The summed E-state index contributed by atoms with van der Waals surface area (Å²) in [6.45, 7) is 2.81. The molecule has 0 saturated heterocycles. The molecule has 0 fully saturated rings. The van der Waals surface area contributed by atoms with Crippen LogP contribution in [0.4, 0.5) is 10.5 Å². The monoisotopic (exact) mass is 303 g/mol. The number of rotatable bonds is 5. The Morgan fingerprint density at radius 1 is 1.32 bits per heavy atom. The number of hydrogen-bond acceptors (Lipinski definition) is 3. The van der Waals surface area contributed by atoms with Crippen molar-refractivity contribution < 1.29 is 19.4 Å². The number of carboxylic acid groups (broad SMARTS) is 1. The van der Waals surface area contributed by atoms with Crippen molar-refractivity contribution in [3.63, 3.8) is 0 Å². The average molecular weight is 304 g/mol. The fraction of sp³-hybridized carbons (Fsp3) is 0.167.